The summed E-state index contributed by atoms with van der Waals surface area (Å²) < 4.78 is 14.0. The Kier molecular flexibility index (Phi) is 13.7. The standard InChI is InChI=1S/C49H62N8O8/c1-10-56-40-14-13-31-22-35(40)36(44(56)37-24-50-16-15-32(37)26-64-9)23-49(5,6)27-65-48(63)38-12-11-17-57(53-38)46(61)39(20-30-18-33(31)21-34(58)19-30)52-45(60)43(28(2)3)55(8)41(59)25-54(7)47(62)42-29(4)51-42/h13-16,18-19,21-22,24,28,38-39,42-43,51,53,58H,4,10-12,17,20,23,25-27H2,1-3,5-9H3,(H,52,60)/t38-,39-,42+,43-/m0/s1. The van der Waals surface area contributed by atoms with Crippen LogP contribution >= 0.6 is 0 Å². The van der Waals surface area contributed by atoms with Crippen LogP contribution in [0.1, 0.15) is 64.2 Å². The van der Waals surface area contributed by atoms with E-state index in [1.165, 1.54) is 28.9 Å². The maximum absolute atomic E-state index is 14.7. The highest BCUT2D eigenvalue weighted by molar-refractivity contribution is 5.97. The first kappa shape index (κ1) is 46.7. The van der Waals surface area contributed by atoms with Crippen molar-refractivity contribution in [1.29, 1.82) is 0 Å². The van der Waals surface area contributed by atoms with Crippen molar-refractivity contribution in [3.05, 3.63) is 83.8 Å². The van der Waals surface area contributed by atoms with Gasteiger partial charge in [-0.3, -0.25) is 34.0 Å². The summed E-state index contributed by atoms with van der Waals surface area (Å²) in [7, 11) is 4.69. The van der Waals surface area contributed by atoms with E-state index >= 15 is 0 Å². The molecule has 65 heavy (non-hydrogen) atoms. The molecule has 7 rings (SSSR count). The number of ether oxygens (including phenoxy) is 2. The quantitative estimate of drug-likeness (QED) is 0.124. The largest absolute Gasteiger partial charge is 0.508 e. The minimum atomic E-state index is -1.19. The molecule has 0 spiro atoms. The maximum atomic E-state index is 14.7. The number of hydrazine groups is 1. The summed E-state index contributed by atoms with van der Waals surface area (Å²) in [5, 5.41) is 19.4. The maximum Gasteiger partial charge on any atom is 0.324 e. The smallest absolute Gasteiger partial charge is 0.324 e. The second kappa shape index (κ2) is 19.1. The molecule has 4 amide bonds. The van der Waals surface area contributed by atoms with Gasteiger partial charge in [0.25, 0.3) is 11.8 Å². The van der Waals surface area contributed by atoms with Gasteiger partial charge in [-0.05, 0) is 90.3 Å². The van der Waals surface area contributed by atoms with Gasteiger partial charge in [-0.1, -0.05) is 46.4 Å². The second-order valence-corrected chi connectivity index (χ2v) is 18.7. The average Bonchev–Trinajstić information content (AvgIpc) is 3.93. The summed E-state index contributed by atoms with van der Waals surface area (Å²) >= 11 is 0. The zero-order chi connectivity index (χ0) is 46.9. The molecule has 2 saturated heterocycles. The Morgan fingerprint density at radius 2 is 1.86 bits per heavy atom. The number of aromatic nitrogens is 2. The molecule has 5 heterocycles. The third-order valence-corrected chi connectivity index (χ3v) is 12.6. The number of rotatable bonds is 11. The minimum absolute atomic E-state index is 0.0230. The fourth-order valence-corrected chi connectivity index (χ4v) is 9.24. The molecule has 0 unspecified atom stereocenters. The Morgan fingerprint density at radius 3 is 2.55 bits per heavy atom. The number of phenols is 1. The minimum Gasteiger partial charge on any atom is -0.508 e. The number of carbonyl (C=O) groups excluding carboxylic acids is 5. The Morgan fingerprint density at radius 1 is 1.11 bits per heavy atom. The van der Waals surface area contributed by atoms with Gasteiger partial charge in [-0.15, -0.1) is 0 Å². The molecule has 346 valence electrons. The first-order valence-corrected chi connectivity index (χ1v) is 22.3. The summed E-state index contributed by atoms with van der Waals surface area (Å²) in [6.07, 6.45) is 5.07. The SMILES string of the molecule is C=C1N[C@H]1C(=O)N(C)CC(=O)N(C)[C@H](C(=O)N[C@H]1Cc2cc(O)cc(c2)-c2ccc3c(c2)c(c(-c2cnccc2COC)n3CC)CC(C)(C)COC(=O)[C@@H]2CCCN(N2)C1=O)C(C)C. The fourth-order valence-electron chi connectivity index (χ4n) is 9.24. The van der Waals surface area contributed by atoms with E-state index < -0.39 is 53.3 Å². The van der Waals surface area contributed by atoms with Gasteiger partial charge in [-0.25, -0.2) is 5.43 Å². The number of fused-ring (bicyclic) bond motifs is 6. The lowest BCUT2D eigenvalue weighted by molar-refractivity contribution is -0.155. The molecule has 2 fully saturated rings. The molecule has 4 N–H and O–H groups in total. The number of amides is 4. The number of carbonyl (C=O) groups is 5. The first-order valence-electron chi connectivity index (χ1n) is 22.3. The molecule has 2 aromatic heterocycles. The monoisotopic (exact) mass is 890 g/mol. The number of nitrogens with one attached hydrogen (secondary N) is 3. The van der Waals surface area contributed by atoms with Crippen molar-refractivity contribution in [3.8, 4) is 28.1 Å². The van der Waals surface area contributed by atoms with E-state index in [0.717, 1.165) is 38.9 Å². The summed E-state index contributed by atoms with van der Waals surface area (Å²) in [5.74, 6) is -2.74. The molecule has 3 aliphatic heterocycles. The highest BCUT2D eigenvalue weighted by Crippen LogP contribution is 2.41. The molecular weight excluding hydrogens is 829 g/mol. The Bertz CT molecular complexity index is 2510. The Hall–Kier alpha value is -6.26. The molecule has 3 aliphatic rings. The fraction of sp³-hybridized carbons (Fsp3) is 0.469. The molecule has 0 aliphatic carbocycles. The number of aryl methyl sites for hydroxylation is 1. The van der Waals surface area contributed by atoms with Crippen LogP contribution in [0.2, 0.25) is 0 Å². The van der Waals surface area contributed by atoms with Crippen molar-refractivity contribution in [2.24, 2.45) is 11.3 Å². The van der Waals surface area contributed by atoms with Crippen LogP contribution in [0.3, 0.4) is 0 Å². The normalized spacial score (nSPS) is 20.1. The van der Waals surface area contributed by atoms with Gasteiger partial charge in [0.05, 0.1) is 25.5 Å². The van der Waals surface area contributed by atoms with Crippen LogP contribution < -0.4 is 16.1 Å². The Labute approximate surface area is 380 Å². The average molecular weight is 891 g/mol. The highest BCUT2D eigenvalue weighted by atomic mass is 16.5. The molecule has 0 radical (unpaired) electrons. The number of pyridine rings is 1. The predicted octanol–water partition coefficient (Wildman–Crippen LogP) is 4.32. The van der Waals surface area contributed by atoms with Crippen LogP contribution in [0.5, 0.6) is 5.75 Å². The van der Waals surface area contributed by atoms with Crippen LogP contribution in [-0.4, -0.2) is 124 Å². The number of likely N-dealkylation sites (N-methyl/N-ethyl adjacent to an activating group) is 2. The first-order chi connectivity index (χ1) is 30.9. The van der Waals surface area contributed by atoms with E-state index in [1.54, 1.807) is 39.3 Å². The van der Waals surface area contributed by atoms with Gasteiger partial charge in [0.15, 0.2) is 0 Å². The van der Waals surface area contributed by atoms with E-state index in [9.17, 15) is 29.1 Å². The lowest BCUT2D eigenvalue weighted by atomic mass is 9.84. The number of methoxy groups -OCH3 is 1. The summed E-state index contributed by atoms with van der Waals surface area (Å²) in [4.78, 5) is 76.4. The van der Waals surface area contributed by atoms with Gasteiger partial charge < -0.3 is 39.6 Å². The zero-order valence-corrected chi connectivity index (χ0v) is 38.7. The number of benzene rings is 2. The number of aromatic hydroxyl groups is 1. The van der Waals surface area contributed by atoms with Gasteiger partial charge in [0.2, 0.25) is 11.8 Å². The lowest BCUT2D eigenvalue weighted by Gasteiger charge is -2.37. The Balaban J connectivity index is 1.29. The van der Waals surface area contributed by atoms with Crippen LogP contribution in [0.4, 0.5) is 0 Å². The van der Waals surface area contributed by atoms with Crippen LogP contribution in [0.25, 0.3) is 33.3 Å². The third kappa shape index (κ3) is 10.0. The summed E-state index contributed by atoms with van der Waals surface area (Å²) in [6, 6.07) is 9.76. The number of hydrogen-bond acceptors (Lipinski definition) is 11. The number of cyclic esters (lactones) is 1. The van der Waals surface area contributed by atoms with E-state index in [-0.39, 0.29) is 43.7 Å². The second-order valence-electron chi connectivity index (χ2n) is 18.7. The number of nitrogens with zero attached hydrogens (tertiary/aromatic N) is 5. The zero-order valence-electron chi connectivity index (χ0n) is 38.7. The van der Waals surface area contributed by atoms with Crippen molar-refractivity contribution in [2.45, 2.75) is 97.6 Å². The van der Waals surface area contributed by atoms with Crippen LogP contribution in [-0.2, 0) is 59.4 Å². The van der Waals surface area contributed by atoms with Gasteiger partial charge >= 0.3 is 5.97 Å². The lowest BCUT2D eigenvalue weighted by Crippen LogP contribution is -2.62. The van der Waals surface area contributed by atoms with Crippen LogP contribution in [0.15, 0.2) is 67.1 Å². The molecule has 4 atom stereocenters. The van der Waals surface area contributed by atoms with E-state index in [1.807, 2.05) is 24.4 Å². The van der Waals surface area contributed by atoms with Gasteiger partial charge in [0.1, 0.15) is 29.9 Å². The van der Waals surface area contributed by atoms with Crippen molar-refractivity contribution >= 4 is 40.5 Å². The van der Waals surface area contributed by atoms with Crippen molar-refractivity contribution in [1.82, 2.24) is 40.4 Å². The highest BCUT2D eigenvalue weighted by Gasteiger charge is 2.40. The number of hydrogen-bond donors (Lipinski definition) is 4. The molecule has 16 heteroatoms. The van der Waals surface area contributed by atoms with Gasteiger partial charge in [-0.2, -0.15) is 0 Å². The number of phenolic OH excluding ortho intramolecular Hbond substituents is 1. The van der Waals surface area contributed by atoms with E-state index in [4.69, 9.17) is 9.47 Å². The summed E-state index contributed by atoms with van der Waals surface area (Å²) in [6.45, 7) is 14.7. The third-order valence-electron chi connectivity index (χ3n) is 12.6. The molecule has 16 nitrogen and oxygen atoms in total. The van der Waals surface area contributed by atoms with E-state index in [2.05, 4.69) is 65.1 Å². The van der Waals surface area contributed by atoms with Crippen LogP contribution in [0, 0.1) is 11.3 Å². The van der Waals surface area contributed by atoms with Crippen molar-refractivity contribution in [2.75, 3.05) is 40.9 Å². The van der Waals surface area contributed by atoms with E-state index in [0.29, 0.717) is 49.2 Å². The molecule has 2 aromatic carbocycles. The predicted molar refractivity (Wildman–Crippen MR) is 246 cm³/mol. The van der Waals surface area contributed by atoms with Crippen molar-refractivity contribution < 1.29 is 38.6 Å². The molecule has 4 aromatic rings. The number of esters is 1. The van der Waals surface area contributed by atoms with Gasteiger partial charge in [0, 0.05) is 80.7 Å². The molecule has 6 bridgehead atoms. The molecular formula is C49H62N8O8. The topological polar surface area (TPSA) is 198 Å². The summed E-state index contributed by atoms with van der Waals surface area (Å²) in [5.41, 5.74) is 10.2. The molecule has 0 saturated carbocycles. The van der Waals surface area contributed by atoms with Crippen molar-refractivity contribution in [3.63, 3.8) is 0 Å².